The van der Waals surface area contributed by atoms with Crippen LogP contribution < -0.4 is 10.9 Å². The van der Waals surface area contributed by atoms with Crippen molar-refractivity contribution in [2.24, 2.45) is 5.92 Å². The van der Waals surface area contributed by atoms with Crippen LogP contribution in [0.2, 0.25) is 0 Å². The number of amides is 1. The molecule has 0 radical (unpaired) electrons. The number of hydrogen-bond donors (Lipinski definition) is 1. The van der Waals surface area contributed by atoms with Crippen molar-refractivity contribution in [1.82, 2.24) is 14.9 Å². The second-order valence-electron chi connectivity index (χ2n) is 7.66. The number of rotatable bonds is 7. The summed E-state index contributed by atoms with van der Waals surface area (Å²) < 4.78 is 6.27. The molecular weight excluding hydrogens is 378 g/mol. The summed E-state index contributed by atoms with van der Waals surface area (Å²) in [5, 5.41) is 3.44. The van der Waals surface area contributed by atoms with Crippen LogP contribution >= 0.6 is 11.3 Å². The Morgan fingerprint density at radius 3 is 2.79 bits per heavy atom. The third-order valence-corrected chi connectivity index (χ3v) is 6.25. The van der Waals surface area contributed by atoms with E-state index in [2.05, 4.69) is 10.3 Å². The molecule has 0 aromatic carbocycles. The molecule has 1 amide bonds. The number of aromatic nitrogens is 2. The van der Waals surface area contributed by atoms with Gasteiger partial charge in [-0.05, 0) is 43.6 Å². The van der Waals surface area contributed by atoms with Gasteiger partial charge in [0, 0.05) is 17.8 Å². The van der Waals surface area contributed by atoms with Crippen LogP contribution in [-0.4, -0.2) is 34.6 Å². The van der Waals surface area contributed by atoms with Crippen LogP contribution in [0.5, 0.6) is 0 Å². The van der Waals surface area contributed by atoms with Gasteiger partial charge in [-0.25, -0.2) is 9.78 Å². The molecule has 152 valence electrons. The molecule has 28 heavy (non-hydrogen) atoms. The number of carbonyl (C=O) groups is 2. The van der Waals surface area contributed by atoms with Crippen molar-refractivity contribution in [3.8, 4) is 0 Å². The van der Waals surface area contributed by atoms with Crippen LogP contribution in [-0.2, 0) is 33.7 Å². The molecule has 0 fully saturated rings. The highest BCUT2D eigenvalue weighted by Crippen LogP contribution is 2.33. The van der Waals surface area contributed by atoms with Crippen LogP contribution in [0, 0.1) is 5.92 Å². The maximum Gasteiger partial charge on any atom is 0.328 e. The summed E-state index contributed by atoms with van der Waals surface area (Å²) in [5.74, 6) is -0.494. The quantitative estimate of drug-likeness (QED) is 0.715. The minimum absolute atomic E-state index is 0.0797. The number of esters is 1. The Balaban J connectivity index is 1.71. The lowest BCUT2D eigenvalue weighted by Crippen LogP contribution is -2.42. The van der Waals surface area contributed by atoms with Gasteiger partial charge in [-0.15, -0.1) is 11.3 Å². The first-order valence-corrected chi connectivity index (χ1v) is 10.6. The molecule has 1 atom stereocenters. The summed E-state index contributed by atoms with van der Waals surface area (Å²) in [7, 11) is 1.31. The molecule has 1 aliphatic carbocycles. The van der Waals surface area contributed by atoms with E-state index >= 15 is 0 Å². The second-order valence-corrected chi connectivity index (χ2v) is 8.74. The molecule has 7 nitrogen and oxygen atoms in total. The van der Waals surface area contributed by atoms with Crippen molar-refractivity contribution in [3.05, 3.63) is 27.1 Å². The lowest BCUT2D eigenvalue weighted by molar-refractivity contribution is -0.145. The molecule has 0 spiro atoms. The number of methoxy groups -OCH3 is 1. The topological polar surface area (TPSA) is 90.3 Å². The lowest BCUT2D eigenvalue weighted by Gasteiger charge is -2.18. The van der Waals surface area contributed by atoms with Gasteiger partial charge in [0.05, 0.1) is 18.8 Å². The van der Waals surface area contributed by atoms with Crippen LogP contribution in [0.15, 0.2) is 11.1 Å². The first-order valence-electron chi connectivity index (χ1n) is 9.77. The van der Waals surface area contributed by atoms with Crippen molar-refractivity contribution < 1.29 is 14.3 Å². The molecule has 0 aliphatic heterocycles. The Morgan fingerprint density at radius 1 is 1.32 bits per heavy atom. The van der Waals surface area contributed by atoms with E-state index in [1.54, 1.807) is 11.3 Å². The van der Waals surface area contributed by atoms with Gasteiger partial charge in [0.1, 0.15) is 10.9 Å². The van der Waals surface area contributed by atoms with E-state index in [1.807, 2.05) is 13.8 Å². The Morgan fingerprint density at radius 2 is 2.07 bits per heavy atom. The number of nitrogens with one attached hydrogen (secondary N) is 1. The largest absolute Gasteiger partial charge is 0.467 e. The summed E-state index contributed by atoms with van der Waals surface area (Å²) in [4.78, 5) is 43.6. The number of fused-ring (bicyclic) bond motifs is 3. The Kier molecular flexibility index (Phi) is 6.49. The molecule has 0 saturated carbocycles. The van der Waals surface area contributed by atoms with Gasteiger partial charge in [0.2, 0.25) is 5.91 Å². The molecule has 3 rings (SSSR count). The molecule has 1 aliphatic rings. The van der Waals surface area contributed by atoms with Crippen LogP contribution in [0.1, 0.15) is 50.0 Å². The fourth-order valence-corrected chi connectivity index (χ4v) is 4.88. The highest BCUT2D eigenvalue weighted by molar-refractivity contribution is 7.18. The van der Waals surface area contributed by atoms with E-state index in [4.69, 9.17) is 4.74 Å². The number of aryl methyl sites for hydroxylation is 3. The fraction of sp³-hybridized carbons (Fsp3) is 0.600. The van der Waals surface area contributed by atoms with E-state index in [9.17, 15) is 14.4 Å². The molecule has 0 bridgehead atoms. The monoisotopic (exact) mass is 405 g/mol. The van der Waals surface area contributed by atoms with E-state index in [-0.39, 0.29) is 30.3 Å². The van der Waals surface area contributed by atoms with Gasteiger partial charge in [-0.2, -0.15) is 0 Å². The average Bonchev–Trinajstić information content (AvgIpc) is 3.05. The van der Waals surface area contributed by atoms with Gasteiger partial charge in [-0.1, -0.05) is 13.8 Å². The van der Waals surface area contributed by atoms with Crippen LogP contribution in [0.4, 0.5) is 0 Å². The average molecular weight is 406 g/mol. The molecule has 2 aromatic heterocycles. The maximum absolute atomic E-state index is 12.9. The van der Waals surface area contributed by atoms with Crippen molar-refractivity contribution in [1.29, 1.82) is 0 Å². The van der Waals surface area contributed by atoms with Gasteiger partial charge in [0.25, 0.3) is 5.56 Å². The van der Waals surface area contributed by atoms with E-state index in [0.717, 1.165) is 41.5 Å². The van der Waals surface area contributed by atoms with Gasteiger partial charge in [0.15, 0.2) is 0 Å². The van der Waals surface area contributed by atoms with Crippen molar-refractivity contribution in [2.45, 2.75) is 65.0 Å². The van der Waals surface area contributed by atoms with Crippen LogP contribution in [0.25, 0.3) is 10.2 Å². The predicted molar refractivity (Wildman–Crippen MR) is 109 cm³/mol. The zero-order chi connectivity index (χ0) is 20.3. The Hall–Kier alpha value is -2.22. The summed E-state index contributed by atoms with van der Waals surface area (Å²) in [6, 6.07) is -0.668. The van der Waals surface area contributed by atoms with Gasteiger partial charge < -0.3 is 10.1 Å². The summed E-state index contributed by atoms with van der Waals surface area (Å²) in [6.07, 6.45) is 6.33. The van der Waals surface area contributed by atoms with Gasteiger partial charge >= 0.3 is 5.97 Å². The van der Waals surface area contributed by atoms with E-state index in [0.29, 0.717) is 6.42 Å². The van der Waals surface area contributed by atoms with Crippen molar-refractivity contribution >= 4 is 33.4 Å². The zero-order valence-corrected chi connectivity index (χ0v) is 17.4. The third-order valence-electron chi connectivity index (χ3n) is 5.05. The minimum atomic E-state index is -0.668. The molecule has 8 heteroatoms. The normalized spacial score (nSPS) is 14.7. The Labute approximate surface area is 168 Å². The zero-order valence-electron chi connectivity index (χ0n) is 16.6. The van der Waals surface area contributed by atoms with Crippen molar-refractivity contribution in [3.63, 3.8) is 0 Å². The number of carbonyl (C=O) groups excluding carboxylic acids is 2. The maximum atomic E-state index is 12.9. The third kappa shape index (κ3) is 4.43. The smallest absolute Gasteiger partial charge is 0.328 e. The SMILES string of the molecule is COC(=O)[C@H](CC(C)C)NC(=O)CCn1cnc2sc3c(c2c1=O)CCCC3. The molecule has 0 saturated heterocycles. The molecule has 1 N–H and O–H groups in total. The number of thiophene rings is 1. The van der Waals surface area contributed by atoms with Gasteiger partial charge in [-0.3, -0.25) is 14.2 Å². The van der Waals surface area contributed by atoms with E-state index < -0.39 is 12.0 Å². The van der Waals surface area contributed by atoms with Crippen molar-refractivity contribution in [2.75, 3.05) is 7.11 Å². The molecule has 2 heterocycles. The predicted octanol–water partition coefficient (Wildman–Crippen LogP) is 2.43. The number of ether oxygens (including phenoxy) is 1. The first-order chi connectivity index (χ1) is 13.4. The number of nitrogens with zero attached hydrogens (tertiary/aromatic N) is 2. The standard InChI is InChI=1S/C20H27N3O4S/c1-12(2)10-14(20(26)27-3)22-16(24)8-9-23-11-21-18-17(19(23)25)13-6-4-5-7-15(13)28-18/h11-12,14H,4-10H2,1-3H3,(H,22,24)/t14-/m0/s1. The highest BCUT2D eigenvalue weighted by atomic mass is 32.1. The first kappa shape index (κ1) is 20.5. The summed E-state index contributed by atoms with van der Waals surface area (Å²) >= 11 is 1.61. The summed E-state index contributed by atoms with van der Waals surface area (Å²) in [6.45, 7) is 4.18. The molecule has 2 aromatic rings. The second kappa shape index (κ2) is 8.86. The minimum Gasteiger partial charge on any atom is -0.467 e. The van der Waals surface area contributed by atoms with Crippen LogP contribution in [0.3, 0.4) is 0 Å². The summed E-state index contributed by atoms with van der Waals surface area (Å²) in [5.41, 5.74) is 1.06. The Bertz CT molecular complexity index is 931. The molecule has 0 unspecified atom stereocenters. The lowest BCUT2D eigenvalue weighted by atomic mass is 9.97. The number of hydrogen-bond acceptors (Lipinski definition) is 6. The highest BCUT2D eigenvalue weighted by Gasteiger charge is 2.23. The molecular formula is C20H27N3O4S. The fourth-order valence-electron chi connectivity index (χ4n) is 3.66. The van der Waals surface area contributed by atoms with E-state index in [1.165, 1.54) is 22.9 Å².